The Bertz CT molecular complexity index is 896. The average Bonchev–Trinajstić information content (AvgIpc) is 3.35. The molecule has 9 heteroatoms. The summed E-state index contributed by atoms with van der Waals surface area (Å²) in [5.41, 5.74) is 2.17. The van der Waals surface area contributed by atoms with E-state index in [2.05, 4.69) is 25.7 Å². The van der Waals surface area contributed by atoms with Crippen LogP contribution in [0, 0.1) is 6.92 Å². The van der Waals surface area contributed by atoms with Gasteiger partial charge in [0, 0.05) is 24.6 Å². The molecular formula is C17H17N7O2. The highest BCUT2D eigenvalue weighted by molar-refractivity contribution is 5.95. The van der Waals surface area contributed by atoms with Crippen molar-refractivity contribution in [1.82, 2.24) is 35.3 Å². The first kappa shape index (κ1) is 16.1. The molecule has 1 atom stereocenters. The van der Waals surface area contributed by atoms with Gasteiger partial charge >= 0.3 is 0 Å². The van der Waals surface area contributed by atoms with Crippen LogP contribution in [0.5, 0.6) is 5.88 Å². The van der Waals surface area contributed by atoms with E-state index in [0.29, 0.717) is 24.5 Å². The minimum absolute atomic E-state index is 0.0407. The normalized spacial score (nSPS) is 16.7. The minimum atomic E-state index is -0.0846. The van der Waals surface area contributed by atoms with Gasteiger partial charge < -0.3 is 9.64 Å². The standard InChI is InChI=1S/C17H17N7O2/c1-12-5-6-16(20-19-12)26-15-7-8-23(10-15)17(25)13-3-2-4-14(9-13)24-11-18-21-22-24/h2-6,9,11,15H,7-8,10H2,1H3. The third kappa shape index (κ3) is 3.37. The van der Waals surface area contributed by atoms with Crippen LogP contribution in [-0.2, 0) is 0 Å². The van der Waals surface area contributed by atoms with Crippen molar-refractivity contribution in [1.29, 1.82) is 0 Å². The van der Waals surface area contributed by atoms with Gasteiger partial charge in [0.25, 0.3) is 5.91 Å². The number of aryl methyl sites for hydroxylation is 1. The number of amides is 1. The van der Waals surface area contributed by atoms with Gasteiger partial charge in [-0.05, 0) is 41.6 Å². The average molecular weight is 351 g/mol. The summed E-state index contributed by atoms with van der Waals surface area (Å²) >= 11 is 0. The lowest BCUT2D eigenvalue weighted by atomic mass is 10.2. The lowest BCUT2D eigenvalue weighted by molar-refractivity contribution is 0.0771. The highest BCUT2D eigenvalue weighted by Gasteiger charge is 2.28. The Balaban J connectivity index is 1.43. The van der Waals surface area contributed by atoms with Gasteiger partial charge in [0.2, 0.25) is 5.88 Å². The molecule has 132 valence electrons. The topological polar surface area (TPSA) is 98.9 Å². The molecule has 1 unspecified atom stereocenters. The van der Waals surface area contributed by atoms with Crippen molar-refractivity contribution < 1.29 is 9.53 Å². The molecule has 1 aliphatic heterocycles. The predicted molar refractivity (Wildman–Crippen MR) is 90.9 cm³/mol. The zero-order valence-electron chi connectivity index (χ0n) is 14.2. The maximum Gasteiger partial charge on any atom is 0.254 e. The van der Waals surface area contributed by atoms with E-state index in [0.717, 1.165) is 17.8 Å². The van der Waals surface area contributed by atoms with Crippen LogP contribution in [0.25, 0.3) is 5.69 Å². The number of tetrazole rings is 1. The Morgan fingerprint density at radius 1 is 1.23 bits per heavy atom. The van der Waals surface area contributed by atoms with Gasteiger partial charge in [0.05, 0.1) is 17.9 Å². The van der Waals surface area contributed by atoms with E-state index in [1.165, 1.54) is 11.0 Å². The summed E-state index contributed by atoms with van der Waals surface area (Å²) in [7, 11) is 0. The summed E-state index contributed by atoms with van der Waals surface area (Å²) in [6.07, 6.45) is 2.17. The first-order chi connectivity index (χ1) is 12.7. The molecule has 4 rings (SSSR count). The Labute approximate surface area is 149 Å². The van der Waals surface area contributed by atoms with E-state index in [1.807, 2.05) is 25.1 Å². The SMILES string of the molecule is Cc1ccc(OC2CCN(C(=O)c3cccc(-n4cnnn4)c3)C2)nn1. The summed E-state index contributed by atoms with van der Waals surface area (Å²) in [6, 6.07) is 10.9. The third-order valence-electron chi connectivity index (χ3n) is 4.20. The van der Waals surface area contributed by atoms with Crippen molar-refractivity contribution in [2.24, 2.45) is 0 Å². The quantitative estimate of drug-likeness (QED) is 0.693. The molecule has 2 aromatic heterocycles. The monoisotopic (exact) mass is 351 g/mol. The maximum atomic E-state index is 12.8. The second-order valence-electron chi connectivity index (χ2n) is 6.10. The highest BCUT2D eigenvalue weighted by Crippen LogP contribution is 2.19. The van der Waals surface area contributed by atoms with E-state index in [4.69, 9.17) is 4.74 Å². The Hall–Kier alpha value is -3.36. The van der Waals surface area contributed by atoms with Crippen LogP contribution >= 0.6 is 0 Å². The van der Waals surface area contributed by atoms with E-state index < -0.39 is 0 Å². The Morgan fingerprint density at radius 2 is 2.15 bits per heavy atom. The van der Waals surface area contributed by atoms with Gasteiger partial charge in [-0.25, -0.2) is 4.68 Å². The van der Waals surface area contributed by atoms with E-state index in [1.54, 1.807) is 23.1 Å². The molecule has 9 nitrogen and oxygen atoms in total. The highest BCUT2D eigenvalue weighted by atomic mass is 16.5. The maximum absolute atomic E-state index is 12.8. The van der Waals surface area contributed by atoms with E-state index in [9.17, 15) is 4.79 Å². The van der Waals surface area contributed by atoms with Gasteiger partial charge in [-0.3, -0.25) is 4.79 Å². The molecule has 26 heavy (non-hydrogen) atoms. The number of hydrogen-bond donors (Lipinski definition) is 0. The van der Waals surface area contributed by atoms with Gasteiger partial charge in [0.15, 0.2) is 0 Å². The number of aromatic nitrogens is 6. The fraction of sp³-hybridized carbons (Fsp3) is 0.294. The molecule has 1 aliphatic rings. The van der Waals surface area contributed by atoms with E-state index in [-0.39, 0.29) is 12.0 Å². The molecule has 3 heterocycles. The molecule has 1 fully saturated rings. The minimum Gasteiger partial charge on any atom is -0.471 e. The van der Waals surface area contributed by atoms with Gasteiger partial charge in [-0.2, -0.15) is 5.10 Å². The van der Waals surface area contributed by atoms with Crippen LogP contribution in [0.15, 0.2) is 42.7 Å². The van der Waals surface area contributed by atoms with Crippen LogP contribution in [0.2, 0.25) is 0 Å². The van der Waals surface area contributed by atoms with Crippen LogP contribution in [0.4, 0.5) is 0 Å². The lowest BCUT2D eigenvalue weighted by Gasteiger charge is -2.17. The van der Waals surface area contributed by atoms with Gasteiger partial charge in [0.1, 0.15) is 12.4 Å². The molecule has 1 aromatic carbocycles. The largest absolute Gasteiger partial charge is 0.471 e. The molecule has 0 bridgehead atoms. The van der Waals surface area contributed by atoms with Crippen LogP contribution in [0.3, 0.4) is 0 Å². The second kappa shape index (κ2) is 6.87. The number of likely N-dealkylation sites (tertiary alicyclic amines) is 1. The summed E-state index contributed by atoms with van der Waals surface area (Å²) < 4.78 is 7.35. The number of rotatable bonds is 4. The number of nitrogens with zero attached hydrogens (tertiary/aromatic N) is 7. The zero-order valence-corrected chi connectivity index (χ0v) is 14.2. The molecule has 0 radical (unpaired) electrons. The molecule has 0 N–H and O–H groups in total. The Morgan fingerprint density at radius 3 is 2.92 bits per heavy atom. The fourth-order valence-electron chi connectivity index (χ4n) is 2.87. The number of carbonyl (C=O) groups is 1. The molecule has 1 saturated heterocycles. The molecule has 0 spiro atoms. The van der Waals surface area contributed by atoms with Crippen molar-refractivity contribution in [3.8, 4) is 11.6 Å². The molecule has 3 aromatic rings. The van der Waals surface area contributed by atoms with Crippen molar-refractivity contribution in [3.05, 3.63) is 54.0 Å². The van der Waals surface area contributed by atoms with Gasteiger partial charge in [-0.1, -0.05) is 6.07 Å². The second-order valence-corrected chi connectivity index (χ2v) is 6.10. The van der Waals surface area contributed by atoms with Crippen LogP contribution in [-0.4, -0.2) is 60.4 Å². The van der Waals surface area contributed by atoms with E-state index >= 15 is 0 Å². The first-order valence-corrected chi connectivity index (χ1v) is 8.29. The predicted octanol–water partition coefficient (Wildman–Crippen LogP) is 1.05. The van der Waals surface area contributed by atoms with Crippen molar-refractivity contribution in [3.63, 3.8) is 0 Å². The smallest absolute Gasteiger partial charge is 0.254 e. The fourth-order valence-corrected chi connectivity index (χ4v) is 2.87. The van der Waals surface area contributed by atoms with Crippen molar-refractivity contribution in [2.75, 3.05) is 13.1 Å². The molecule has 0 aliphatic carbocycles. The summed E-state index contributed by atoms with van der Waals surface area (Å²) in [6.45, 7) is 3.03. The lowest BCUT2D eigenvalue weighted by Crippen LogP contribution is -2.31. The number of hydrogen-bond acceptors (Lipinski definition) is 7. The van der Waals surface area contributed by atoms with Crippen molar-refractivity contribution in [2.45, 2.75) is 19.4 Å². The number of carbonyl (C=O) groups excluding carboxylic acids is 1. The first-order valence-electron chi connectivity index (χ1n) is 8.29. The van der Waals surface area contributed by atoms with Crippen LogP contribution < -0.4 is 4.74 Å². The molecule has 1 amide bonds. The Kier molecular flexibility index (Phi) is 4.26. The summed E-state index contributed by atoms with van der Waals surface area (Å²) in [5.74, 6) is 0.441. The summed E-state index contributed by atoms with van der Waals surface area (Å²) in [4.78, 5) is 14.6. The third-order valence-corrected chi connectivity index (χ3v) is 4.20. The van der Waals surface area contributed by atoms with Crippen LogP contribution in [0.1, 0.15) is 22.5 Å². The molecule has 0 saturated carbocycles. The number of benzene rings is 1. The number of ether oxygens (including phenoxy) is 1. The zero-order chi connectivity index (χ0) is 17.9. The molecular weight excluding hydrogens is 334 g/mol. The van der Waals surface area contributed by atoms with Crippen molar-refractivity contribution >= 4 is 5.91 Å². The van der Waals surface area contributed by atoms with Gasteiger partial charge in [-0.15, -0.1) is 10.2 Å². The summed E-state index contributed by atoms with van der Waals surface area (Å²) in [5, 5.41) is 19.1.